The highest BCUT2D eigenvalue weighted by molar-refractivity contribution is 7.91. The maximum absolute atomic E-state index is 14.0. The van der Waals surface area contributed by atoms with Gasteiger partial charge in [-0.1, -0.05) is 46.8 Å². The third-order valence-electron chi connectivity index (χ3n) is 4.86. The van der Waals surface area contributed by atoms with Crippen LogP contribution in [0.2, 0.25) is 0 Å². The van der Waals surface area contributed by atoms with E-state index in [0.29, 0.717) is 17.9 Å². The Bertz CT molecular complexity index is 785. The quantitative estimate of drug-likeness (QED) is 0.262. The van der Waals surface area contributed by atoms with Gasteiger partial charge < -0.3 is 4.74 Å². The number of benzene rings is 1. The minimum Gasteiger partial charge on any atom is -0.490 e. The van der Waals surface area contributed by atoms with Crippen LogP contribution in [0.4, 0.5) is 4.39 Å². The van der Waals surface area contributed by atoms with Crippen molar-refractivity contribution in [2.75, 3.05) is 12.4 Å². The van der Waals surface area contributed by atoms with Crippen molar-refractivity contribution in [1.82, 2.24) is 0 Å². The molecular weight excluding hydrogens is 375 g/mol. The van der Waals surface area contributed by atoms with Gasteiger partial charge in [0, 0.05) is 6.07 Å². The SMILES string of the molecule is CC(C)(C)CCC/C=C/C(C)(C)CS(=O)(=O)c1ccc(F)c(OCC2CC2)c1. The van der Waals surface area contributed by atoms with Crippen molar-refractivity contribution in [2.45, 2.75) is 71.6 Å². The summed E-state index contributed by atoms with van der Waals surface area (Å²) >= 11 is 0. The molecule has 1 saturated carbocycles. The van der Waals surface area contributed by atoms with Crippen molar-refractivity contribution >= 4 is 9.84 Å². The van der Waals surface area contributed by atoms with E-state index in [1.807, 2.05) is 19.9 Å². The fourth-order valence-electron chi connectivity index (χ4n) is 3.05. The van der Waals surface area contributed by atoms with Gasteiger partial charge in [0.2, 0.25) is 0 Å². The van der Waals surface area contributed by atoms with Gasteiger partial charge in [-0.3, -0.25) is 0 Å². The molecule has 0 N–H and O–H groups in total. The predicted molar refractivity (Wildman–Crippen MR) is 113 cm³/mol. The molecule has 1 aromatic rings. The Morgan fingerprint density at radius 3 is 2.46 bits per heavy atom. The van der Waals surface area contributed by atoms with E-state index >= 15 is 0 Å². The second-order valence-corrected chi connectivity index (χ2v) is 11.9. The molecule has 1 fully saturated rings. The maximum Gasteiger partial charge on any atom is 0.179 e. The van der Waals surface area contributed by atoms with E-state index in [-0.39, 0.29) is 16.4 Å². The Kier molecular flexibility index (Phi) is 7.35. The summed E-state index contributed by atoms with van der Waals surface area (Å²) < 4.78 is 45.2. The van der Waals surface area contributed by atoms with E-state index in [1.54, 1.807) is 0 Å². The van der Waals surface area contributed by atoms with Crippen molar-refractivity contribution in [3.05, 3.63) is 36.2 Å². The number of ether oxygens (including phenoxy) is 1. The van der Waals surface area contributed by atoms with Crippen molar-refractivity contribution in [2.24, 2.45) is 16.7 Å². The normalized spacial score (nSPS) is 15.9. The second-order valence-electron chi connectivity index (χ2n) is 9.95. The van der Waals surface area contributed by atoms with Gasteiger partial charge in [-0.15, -0.1) is 0 Å². The van der Waals surface area contributed by atoms with E-state index < -0.39 is 21.1 Å². The molecule has 1 aliphatic rings. The number of halogens is 1. The zero-order chi connectivity index (χ0) is 21.0. The first-order valence-corrected chi connectivity index (χ1v) is 11.9. The highest BCUT2D eigenvalue weighted by atomic mass is 32.2. The zero-order valence-electron chi connectivity index (χ0n) is 17.9. The average Bonchev–Trinajstić information content (AvgIpc) is 3.35. The molecule has 0 unspecified atom stereocenters. The summed E-state index contributed by atoms with van der Waals surface area (Å²) in [5.74, 6) is -0.0353. The average molecular weight is 411 g/mol. The molecule has 0 heterocycles. The van der Waals surface area contributed by atoms with Gasteiger partial charge in [0.25, 0.3) is 0 Å². The zero-order valence-corrected chi connectivity index (χ0v) is 18.7. The number of unbranched alkanes of at least 4 members (excludes halogenated alkanes) is 1. The van der Waals surface area contributed by atoms with Crippen molar-refractivity contribution < 1.29 is 17.5 Å². The molecule has 28 heavy (non-hydrogen) atoms. The maximum atomic E-state index is 14.0. The van der Waals surface area contributed by atoms with E-state index in [4.69, 9.17) is 4.74 Å². The van der Waals surface area contributed by atoms with Gasteiger partial charge in [0.05, 0.1) is 17.3 Å². The Balaban J connectivity index is 1.99. The summed E-state index contributed by atoms with van der Waals surface area (Å²) in [6.45, 7) is 10.9. The summed E-state index contributed by atoms with van der Waals surface area (Å²) in [4.78, 5) is 0.119. The first-order chi connectivity index (χ1) is 12.9. The van der Waals surface area contributed by atoms with Crippen LogP contribution in [0, 0.1) is 22.6 Å². The molecule has 0 bridgehead atoms. The molecule has 0 aliphatic heterocycles. The highest BCUT2D eigenvalue weighted by Crippen LogP contribution is 2.32. The smallest absolute Gasteiger partial charge is 0.179 e. The number of allylic oxidation sites excluding steroid dienone is 2. The molecule has 0 spiro atoms. The molecule has 0 atom stereocenters. The van der Waals surface area contributed by atoms with Gasteiger partial charge in [-0.25, -0.2) is 12.8 Å². The number of hydrogen-bond acceptors (Lipinski definition) is 3. The Hall–Kier alpha value is -1.36. The molecule has 1 aliphatic carbocycles. The van der Waals surface area contributed by atoms with Crippen LogP contribution >= 0.6 is 0 Å². The number of hydrogen-bond donors (Lipinski definition) is 0. The third kappa shape index (κ3) is 7.94. The van der Waals surface area contributed by atoms with Gasteiger partial charge in [0.15, 0.2) is 21.4 Å². The second kappa shape index (κ2) is 8.98. The van der Waals surface area contributed by atoms with Crippen molar-refractivity contribution in [3.8, 4) is 5.75 Å². The lowest BCUT2D eigenvalue weighted by molar-refractivity contribution is 0.284. The minimum atomic E-state index is -3.54. The fraction of sp³-hybridized carbons (Fsp3) is 0.652. The van der Waals surface area contributed by atoms with E-state index in [0.717, 1.165) is 32.1 Å². The van der Waals surface area contributed by atoms with Crippen LogP contribution in [0.15, 0.2) is 35.2 Å². The number of rotatable bonds is 10. The van der Waals surface area contributed by atoms with Gasteiger partial charge >= 0.3 is 0 Å². The van der Waals surface area contributed by atoms with E-state index in [1.165, 1.54) is 18.2 Å². The first-order valence-electron chi connectivity index (χ1n) is 10.2. The summed E-state index contributed by atoms with van der Waals surface area (Å²) in [5, 5.41) is 0. The van der Waals surface area contributed by atoms with E-state index in [9.17, 15) is 12.8 Å². The fourth-order valence-corrected chi connectivity index (χ4v) is 4.86. The molecule has 158 valence electrons. The summed E-state index contributed by atoms with van der Waals surface area (Å²) in [6.07, 6.45) is 9.41. The third-order valence-corrected chi connectivity index (χ3v) is 6.96. The summed E-state index contributed by atoms with van der Waals surface area (Å²) in [5.41, 5.74) is -0.182. The molecule has 0 aromatic heterocycles. The molecule has 0 amide bonds. The van der Waals surface area contributed by atoms with Crippen LogP contribution in [-0.4, -0.2) is 20.8 Å². The van der Waals surface area contributed by atoms with Crippen LogP contribution < -0.4 is 4.74 Å². The molecule has 1 aromatic carbocycles. The summed E-state index contributed by atoms with van der Waals surface area (Å²) in [7, 11) is -3.54. The molecule has 2 rings (SSSR count). The monoisotopic (exact) mass is 410 g/mol. The standard InChI is InChI=1S/C23H35FO3S/c1-22(2,3)13-7-6-8-14-23(4,5)17-28(25,26)19-11-12-20(24)21(15-19)27-16-18-9-10-18/h8,11-12,14-15,18H,6-7,9-10,13,16-17H2,1-5H3/b14-8+. The highest BCUT2D eigenvalue weighted by Gasteiger charge is 2.27. The Morgan fingerprint density at radius 1 is 1.18 bits per heavy atom. The van der Waals surface area contributed by atoms with Gasteiger partial charge in [-0.2, -0.15) is 0 Å². The van der Waals surface area contributed by atoms with Crippen LogP contribution in [-0.2, 0) is 9.84 Å². The van der Waals surface area contributed by atoms with Gasteiger partial charge in [-0.05, 0) is 61.0 Å². The topological polar surface area (TPSA) is 43.4 Å². The lowest BCUT2D eigenvalue weighted by Crippen LogP contribution is -2.22. The summed E-state index contributed by atoms with van der Waals surface area (Å²) in [6, 6.07) is 3.85. The molecule has 3 nitrogen and oxygen atoms in total. The molecule has 0 radical (unpaired) electrons. The minimum absolute atomic E-state index is 0.0243. The lowest BCUT2D eigenvalue weighted by Gasteiger charge is -2.21. The predicted octanol–water partition coefficient (Wildman–Crippen LogP) is 6.19. The Morgan fingerprint density at radius 2 is 1.86 bits per heavy atom. The first kappa shape index (κ1) is 22.9. The van der Waals surface area contributed by atoms with Crippen molar-refractivity contribution in [3.63, 3.8) is 0 Å². The van der Waals surface area contributed by atoms with Crippen LogP contribution in [0.5, 0.6) is 5.75 Å². The molecule has 5 heteroatoms. The molecular formula is C23H35FO3S. The number of sulfone groups is 1. The van der Waals surface area contributed by atoms with Crippen LogP contribution in [0.1, 0.15) is 66.7 Å². The Labute approximate surface area is 170 Å². The van der Waals surface area contributed by atoms with Crippen LogP contribution in [0.25, 0.3) is 0 Å². The largest absolute Gasteiger partial charge is 0.490 e. The van der Waals surface area contributed by atoms with E-state index in [2.05, 4.69) is 26.8 Å². The van der Waals surface area contributed by atoms with Crippen LogP contribution in [0.3, 0.4) is 0 Å². The molecule has 0 saturated heterocycles. The van der Waals surface area contributed by atoms with Crippen molar-refractivity contribution in [1.29, 1.82) is 0 Å². The van der Waals surface area contributed by atoms with Gasteiger partial charge in [0.1, 0.15) is 0 Å². The lowest BCUT2D eigenvalue weighted by atomic mass is 9.89.